The molecule has 2 saturated heterocycles. The van der Waals surface area contributed by atoms with Crippen molar-refractivity contribution in [2.45, 2.75) is 24.4 Å². The smallest absolute Gasteiger partial charge is 0.222 e. The molecule has 2 heterocycles. The van der Waals surface area contributed by atoms with Gasteiger partial charge in [0.1, 0.15) is 11.5 Å². The van der Waals surface area contributed by atoms with Crippen LogP contribution in [-0.2, 0) is 16.1 Å². The quantitative estimate of drug-likeness (QED) is 0.788. The summed E-state index contributed by atoms with van der Waals surface area (Å²) in [6.07, 6.45) is 0.276. The van der Waals surface area contributed by atoms with Gasteiger partial charge in [-0.3, -0.25) is 9.69 Å². The zero-order valence-corrected chi connectivity index (χ0v) is 17.6. The molecule has 31 heavy (non-hydrogen) atoms. The number of nitrogens with one attached hydrogen (secondary N) is 1. The third-order valence-corrected chi connectivity index (χ3v) is 6.07. The van der Waals surface area contributed by atoms with E-state index in [2.05, 4.69) is 10.2 Å². The number of hydrogen-bond donors (Lipinski definition) is 1. The summed E-state index contributed by atoms with van der Waals surface area (Å²) in [4.78, 5) is 14.6. The Labute approximate surface area is 180 Å². The predicted octanol–water partition coefficient (Wildman–Crippen LogP) is 2.86. The summed E-state index contributed by atoms with van der Waals surface area (Å²) < 4.78 is 44.1. The molecular formula is C23H26F2N2O4. The van der Waals surface area contributed by atoms with Crippen LogP contribution in [0.1, 0.15) is 23.5 Å². The van der Waals surface area contributed by atoms with Crippen molar-refractivity contribution in [3.63, 3.8) is 0 Å². The van der Waals surface area contributed by atoms with E-state index in [1.54, 1.807) is 20.3 Å². The molecule has 0 aliphatic carbocycles. The molecule has 0 unspecified atom stereocenters. The van der Waals surface area contributed by atoms with E-state index in [0.29, 0.717) is 49.9 Å². The van der Waals surface area contributed by atoms with Gasteiger partial charge in [-0.1, -0.05) is 12.1 Å². The molecule has 1 amide bonds. The summed E-state index contributed by atoms with van der Waals surface area (Å²) in [5, 5.41) is 3.13. The lowest BCUT2D eigenvalue weighted by molar-refractivity contribution is -0.122. The number of rotatable bonds is 5. The fraction of sp³-hybridized carbons (Fsp3) is 0.435. The largest absolute Gasteiger partial charge is 0.497 e. The molecule has 0 radical (unpaired) electrons. The van der Waals surface area contributed by atoms with Gasteiger partial charge in [0.2, 0.25) is 5.91 Å². The number of hydrogen-bond acceptors (Lipinski definition) is 5. The minimum absolute atomic E-state index is 0.103. The van der Waals surface area contributed by atoms with E-state index in [-0.39, 0.29) is 18.2 Å². The standard InChI is InChI=1S/C23H26F2N2O4/c1-29-17-5-3-16(21(10-17)30-2)11-27-12-18(15-4-6-19(24)20(25)9-15)23(13-27)14-31-8-7-22(28)26-23/h3-6,9-10,18H,7-8,11-14H2,1-2H3,(H,26,28)/t18-,23-/m0/s1. The zero-order valence-electron chi connectivity index (χ0n) is 17.6. The SMILES string of the molecule is COc1ccc(CN2C[C@@H](c3ccc(F)c(F)c3)[C@@]3(COCCC(=O)N3)C2)c(OC)c1. The van der Waals surface area contributed by atoms with Crippen molar-refractivity contribution in [2.24, 2.45) is 0 Å². The second-order valence-electron chi connectivity index (χ2n) is 8.08. The normalized spacial score (nSPS) is 24.1. The number of benzene rings is 2. The Balaban J connectivity index is 1.66. The van der Waals surface area contributed by atoms with Crippen molar-refractivity contribution >= 4 is 5.91 Å². The summed E-state index contributed by atoms with van der Waals surface area (Å²) >= 11 is 0. The van der Waals surface area contributed by atoms with E-state index in [0.717, 1.165) is 11.6 Å². The number of nitrogens with zero attached hydrogens (tertiary/aromatic N) is 1. The summed E-state index contributed by atoms with van der Waals surface area (Å²) in [6, 6.07) is 9.57. The first-order chi connectivity index (χ1) is 14.9. The van der Waals surface area contributed by atoms with Crippen LogP contribution in [0.4, 0.5) is 8.78 Å². The van der Waals surface area contributed by atoms with Crippen molar-refractivity contribution in [3.05, 3.63) is 59.2 Å². The molecule has 0 saturated carbocycles. The van der Waals surface area contributed by atoms with Gasteiger partial charge in [-0.2, -0.15) is 0 Å². The van der Waals surface area contributed by atoms with Gasteiger partial charge in [-0.05, 0) is 23.8 Å². The lowest BCUT2D eigenvalue weighted by atomic mass is 9.82. The fourth-order valence-electron chi connectivity index (χ4n) is 4.57. The van der Waals surface area contributed by atoms with Crippen LogP contribution in [0.25, 0.3) is 0 Å². The molecule has 2 aliphatic rings. The van der Waals surface area contributed by atoms with Gasteiger partial charge in [-0.25, -0.2) is 8.78 Å². The summed E-state index contributed by atoms with van der Waals surface area (Å²) in [7, 11) is 3.20. The number of methoxy groups -OCH3 is 2. The third kappa shape index (κ3) is 4.36. The highest BCUT2D eigenvalue weighted by molar-refractivity contribution is 5.77. The highest BCUT2D eigenvalue weighted by Crippen LogP contribution is 2.39. The Bertz CT molecular complexity index is 971. The maximum absolute atomic E-state index is 14.0. The highest BCUT2D eigenvalue weighted by atomic mass is 19.2. The molecular weight excluding hydrogens is 406 g/mol. The van der Waals surface area contributed by atoms with Crippen LogP contribution in [0.3, 0.4) is 0 Å². The number of likely N-dealkylation sites (tertiary alicyclic amines) is 1. The molecule has 166 valence electrons. The fourth-order valence-corrected chi connectivity index (χ4v) is 4.57. The maximum Gasteiger partial charge on any atom is 0.222 e. The molecule has 1 spiro atoms. The van der Waals surface area contributed by atoms with Crippen LogP contribution in [0.5, 0.6) is 11.5 Å². The molecule has 2 fully saturated rings. The average Bonchev–Trinajstić information content (AvgIpc) is 2.99. The first-order valence-electron chi connectivity index (χ1n) is 10.2. The molecule has 1 N–H and O–H groups in total. The van der Waals surface area contributed by atoms with Crippen molar-refractivity contribution < 1.29 is 27.8 Å². The molecule has 2 aromatic carbocycles. The lowest BCUT2D eigenvalue weighted by Crippen LogP contribution is -2.55. The van der Waals surface area contributed by atoms with E-state index in [9.17, 15) is 13.6 Å². The van der Waals surface area contributed by atoms with Crippen LogP contribution < -0.4 is 14.8 Å². The van der Waals surface area contributed by atoms with E-state index in [4.69, 9.17) is 14.2 Å². The Kier molecular flexibility index (Phi) is 6.11. The lowest BCUT2D eigenvalue weighted by Gasteiger charge is -2.34. The molecule has 8 heteroatoms. The average molecular weight is 432 g/mol. The molecule has 2 aliphatic heterocycles. The van der Waals surface area contributed by atoms with Crippen LogP contribution in [0.15, 0.2) is 36.4 Å². The van der Waals surface area contributed by atoms with Gasteiger partial charge < -0.3 is 19.5 Å². The second kappa shape index (κ2) is 8.80. The van der Waals surface area contributed by atoms with Gasteiger partial charge in [0.25, 0.3) is 0 Å². The second-order valence-corrected chi connectivity index (χ2v) is 8.08. The Morgan fingerprint density at radius 1 is 1.16 bits per heavy atom. The van der Waals surface area contributed by atoms with Crippen LogP contribution in [-0.4, -0.2) is 56.9 Å². The Morgan fingerprint density at radius 2 is 2.00 bits per heavy atom. The summed E-state index contributed by atoms with van der Waals surface area (Å²) in [5.74, 6) is -0.753. The zero-order chi connectivity index (χ0) is 22.0. The maximum atomic E-state index is 14.0. The van der Waals surface area contributed by atoms with E-state index in [1.807, 2.05) is 18.2 Å². The molecule has 0 bridgehead atoms. The number of carbonyl (C=O) groups is 1. The van der Waals surface area contributed by atoms with Gasteiger partial charge in [0.05, 0.1) is 33.0 Å². The number of carbonyl (C=O) groups excluding carboxylic acids is 1. The number of halogens is 2. The molecule has 0 aromatic heterocycles. The van der Waals surface area contributed by atoms with Crippen molar-refractivity contribution in [1.29, 1.82) is 0 Å². The number of amides is 1. The van der Waals surface area contributed by atoms with Gasteiger partial charge in [0.15, 0.2) is 11.6 Å². The molecule has 4 rings (SSSR count). The van der Waals surface area contributed by atoms with Crippen LogP contribution in [0.2, 0.25) is 0 Å². The predicted molar refractivity (Wildman–Crippen MR) is 110 cm³/mol. The first-order valence-corrected chi connectivity index (χ1v) is 10.2. The minimum Gasteiger partial charge on any atom is -0.497 e. The third-order valence-electron chi connectivity index (χ3n) is 6.07. The summed E-state index contributed by atoms with van der Waals surface area (Å²) in [5.41, 5.74) is 0.872. The Morgan fingerprint density at radius 3 is 2.74 bits per heavy atom. The molecule has 6 nitrogen and oxygen atoms in total. The van der Waals surface area contributed by atoms with E-state index in [1.165, 1.54) is 6.07 Å². The molecule has 2 atom stereocenters. The van der Waals surface area contributed by atoms with Crippen molar-refractivity contribution in [3.8, 4) is 11.5 Å². The van der Waals surface area contributed by atoms with Gasteiger partial charge in [-0.15, -0.1) is 0 Å². The number of ether oxygens (including phenoxy) is 3. The topological polar surface area (TPSA) is 60.0 Å². The minimum atomic E-state index is -0.899. The van der Waals surface area contributed by atoms with Crippen LogP contribution >= 0.6 is 0 Å². The monoisotopic (exact) mass is 432 g/mol. The van der Waals surface area contributed by atoms with Gasteiger partial charge in [0, 0.05) is 43.6 Å². The van der Waals surface area contributed by atoms with E-state index >= 15 is 0 Å². The van der Waals surface area contributed by atoms with Crippen molar-refractivity contribution in [1.82, 2.24) is 10.2 Å². The van der Waals surface area contributed by atoms with E-state index < -0.39 is 17.2 Å². The first kappa shape index (κ1) is 21.5. The Hall–Kier alpha value is -2.71. The summed E-state index contributed by atoms with van der Waals surface area (Å²) in [6.45, 7) is 2.26. The molecule has 2 aromatic rings. The van der Waals surface area contributed by atoms with Crippen LogP contribution in [0, 0.1) is 11.6 Å². The highest BCUT2D eigenvalue weighted by Gasteiger charge is 2.49. The van der Waals surface area contributed by atoms with Crippen molar-refractivity contribution in [2.75, 3.05) is 40.5 Å². The van der Waals surface area contributed by atoms with Gasteiger partial charge >= 0.3 is 0 Å².